The molecule has 0 aromatic carbocycles. The second-order valence-corrected chi connectivity index (χ2v) is 4.08. The van der Waals surface area contributed by atoms with Crippen molar-refractivity contribution in [3.8, 4) is 0 Å². The van der Waals surface area contributed by atoms with E-state index in [9.17, 15) is 4.79 Å². The third kappa shape index (κ3) is 7.38. The molecule has 12 heavy (non-hydrogen) atoms. The standard InChI is InChI=1S/C9H19NO2/c1-9(2,3)6-5-7-10-8(11)12-4/h5-7H2,1-4H3,(H,10,11). The molecule has 0 radical (unpaired) electrons. The first-order chi connectivity index (χ1) is 5.45. The van der Waals surface area contributed by atoms with Crippen LogP contribution < -0.4 is 5.32 Å². The smallest absolute Gasteiger partial charge is 0.406 e. The summed E-state index contributed by atoms with van der Waals surface area (Å²) in [4.78, 5) is 10.6. The number of nitrogens with one attached hydrogen (secondary N) is 1. The van der Waals surface area contributed by atoms with Gasteiger partial charge in [0.15, 0.2) is 0 Å². The highest BCUT2D eigenvalue weighted by atomic mass is 16.5. The lowest BCUT2D eigenvalue weighted by atomic mass is 9.91. The summed E-state index contributed by atoms with van der Waals surface area (Å²) in [7, 11) is 1.37. The number of carbonyl (C=O) groups excluding carboxylic acids is 1. The maximum atomic E-state index is 10.6. The first kappa shape index (κ1) is 11.3. The molecule has 3 nitrogen and oxygen atoms in total. The van der Waals surface area contributed by atoms with E-state index in [1.807, 2.05) is 0 Å². The molecule has 0 rings (SSSR count). The average molecular weight is 173 g/mol. The number of rotatable bonds is 3. The van der Waals surface area contributed by atoms with Gasteiger partial charge in [0.25, 0.3) is 0 Å². The second kappa shape index (κ2) is 5.01. The Kier molecular flexibility index (Phi) is 4.71. The minimum absolute atomic E-state index is 0.344. The highest BCUT2D eigenvalue weighted by molar-refractivity contribution is 5.66. The topological polar surface area (TPSA) is 38.3 Å². The minimum Gasteiger partial charge on any atom is -0.453 e. The molecule has 0 aromatic rings. The van der Waals surface area contributed by atoms with E-state index in [1.165, 1.54) is 7.11 Å². The van der Waals surface area contributed by atoms with Crippen LogP contribution in [0.2, 0.25) is 0 Å². The molecule has 0 saturated carbocycles. The Morgan fingerprint density at radius 3 is 2.42 bits per heavy atom. The fraction of sp³-hybridized carbons (Fsp3) is 0.889. The fourth-order valence-electron chi connectivity index (χ4n) is 0.881. The number of ether oxygens (including phenoxy) is 1. The normalized spacial score (nSPS) is 11.0. The molecule has 0 aromatic heterocycles. The fourth-order valence-corrected chi connectivity index (χ4v) is 0.881. The number of hydrogen-bond acceptors (Lipinski definition) is 2. The van der Waals surface area contributed by atoms with Crippen molar-refractivity contribution in [2.45, 2.75) is 33.6 Å². The van der Waals surface area contributed by atoms with Crippen LogP contribution in [0.15, 0.2) is 0 Å². The van der Waals surface area contributed by atoms with Crippen LogP contribution in [0.1, 0.15) is 33.6 Å². The lowest BCUT2D eigenvalue weighted by Crippen LogP contribution is -2.24. The first-order valence-corrected chi connectivity index (χ1v) is 4.27. The number of methoxy groups -OCH3 is 1. The van der Waals surface area contributed by atoms with Gasteiger partial charge in [-0.1, -0.05) is 20.8 Å². The van der Waals surface area contributed by atoms with Gasteiger partial charge in [-0.2, -0.15) is 0 Å². The molecular weight excluding hydrogens is 154 g/mol. The van der Waals surface area contributed by atoms with Gasteiger partial charge in [-0.3, -0.25) is 0 Å². The van der Waals surface area contributed by atoms with E-state index in [-0.39, 0.29) is 6.09 Å². The monoisotopic (exact) mass is 173 g/mol. The Labute approximate surface area is 74.5 Å². The third-order valence-corrected chi connectivity index (χ3v) is 1.56. The quantitative estimate of drug-likeness (QED) is 0.664. The zero-order valence-corrected chi connectivity index (χ0v) is 8.44. The Bertz CT molecular complexity index is 138. The van der Waals surface area contributed by atoms with Crippen molar-refractivity contribution in [2.75, 3.05) is 13.7 Å². The van der Waals surface area contributed by atoms with Gasteiger partial charge in [0, 0.05) is 6.54 Å². The van der Waals surface area contributed by atoms with E-state index in [0.717, 1.165) is 12.8 Å². The van der Waals surface area contributed by atoms with Crippen molar-refractivity contribution < 1.29 is 9.53 Å². The van der Waals surface area contributed by atoms with Gasteiger partial charge >= 0.3 is 6.09 Å². The van der Waals surface area contributed by atoms with Gasteiger partial charge < -0.3 is 10.1 Å². The molecule has 0 saturated heterocycles. The zero-order chi connectivity index (χ0) is 9.61. The summed E-state index contributed by atoms with van der Waals surface area (Å²) in [6.07, 6.45) is 1.76. The summed E-state index contributed by atoms with van der Waals surface area (Å²) in [5.41, 5.74) is 0.345. The maximum absolute atomic E-state index is 10.6. The number of alkyl carbamates (subject to hydrolysis) is 1. The van der Waals surface area contributed by atoms with Gasteiger partial charge in [0.1, 0.15) is 0 Å². The number of amides is 1. The van der Waals surface area contributed by atoms with E-state index >= 15 is 0 Å². The van der Waals surface area contributed by atoms with Crippen molar-refractivity contribution >= 4 is 6.09 Å². The molecule has 0 spiro atoms. The summed E-state index contributed by atoms with van der Waals surface area (Å²) in [6, 6.07) is 0. The predicted octanol–water partition coefficient (Wildman–Crippen LogP) is 2.17. The molecular formula is C9H19NO2. The van der Waals surface area contributed by atoms with Crippen LogP contribution in [0.3, 0.4) is 0 Å². The van der Waals surface area contributed by atoms with Gasteiger partial charge in [-0.05, 0) is 18.3 Å². The highest BCUT2D eigenvalue weighted by Gasteiger charge is 2.09. The second-order valence-electron chi connectivity index (χ2n) is 4.08. The van der Waals surface area contributed by atoms with Gasteiger partial charge in [-0.25, -0.2) is 4.79 Å². The molecule has 72 valence electrons. The van der Waals surface area contributed by atoms with E-state index < -0.39 is 0 Å². The molecule has 0 fully saturated rings. The third-order valence-electron chi connectivity index (χ3n) is 1.56. The molecule has 0 heterocycles. The van der Waals surface area contributed by atoms with Crippen molar-refractivity contribution in [1.82, 2.24) is 5.32 Å². The van der Waals surface area contributed by atoms with Crippen LogP contribution in [-0.4, -0.2) is 19.7 Å². The first-order valence-electron chi connectivity index (χ1n) is 4.27. The molecule has 0 aliphatic carbocycles. The zero-order valence-electron chi connectivity index (χ0n) is 8.44. The van der Waals surface area contributed by atoms with E-state index in [0.29, 0.717) is 12.0 Å². The van der Waals surface area contributed by atoms with Crippen molar-refractivity contribution in [3.05, 3.63) is 0 Å². The van der Waals surface area contributed by atoms with Crippen LogP contribution >= 0.6 is 0 Å². The highest BCUT2D eigenvalue weighted by Crippen LogP contribution is 2.19. The van der Waals surface area contributed by atoms with E-state index in [2.05, 4.69) is 30.8 Å². The van der Waals surface area contributed by atoms with Crippen molar-refractivity contribution in [2.24, 2.45) is 5.41 Å². The summed E-state index contributed by atoms with van der Waals surface area (Å²) in [5.74, 6) is 0. The summed E-state index contributed by atoms with van der Waals surface area (Å²) in [5, 5.41) is 2.64. The van der Waals surface area contributed by atoms with E-state index in [1.54, 1.807) is 0 Å². The largest absolute Gasteiger partial charge is 0.453 e. The van der Waals surface area contributed by atoms with Crippen molar-refractivity contribution in [3.63, 3.8) is 0 Å². The van der Waals surface area contributed by atoms with Crippen LogP contribution in [0, 0.1) is 5.41 Å². The molecule has 0 aliphatic heterocycles. The van der Waals surface area contributed by atoms with E-state index in [4.69, 9.17) is 0 Å². The molecule has 0 aliphatic rings. The lowest BCUT2D eigenvalue weighted by molar-refractivity contribution is 0.170. The molecule has 3 heteroatoms. The minimum atomic E-state index is -0.344. The van der Waals surface area contributed by atoms with Crippen LogP contribution in [-0.2, 0) is 4.74 Å². The van der Waals surface area contributed by atoms with Crippen LogP contribution in [0.4, 0.5) is 4.79 Å². The SMILES string of the molecule is COC(=O)NCCCC(C)(C)C. The molecule has 1 N–H and O–H groups in total. The predicted molar refractivity (Wildman–Crippen MR) is 49.1 cm³/mol. The summed E-state index contributed by atoms with van der Waals surface area (Å²) >= 11 is 0. The summed E-state index contributed by atoms with van der Waals surface area (Å²) < 4.78 is 4.43. The Morgan fingerprint density at radius 2 is 2.00 bits per heavy atom. The van der Waals surface area contributed by atoms with Crippen molar-refractivity contribution in [1.29, 1.82) is 0 Å². The van der Waals surface area contributed by atoms with Crippen LogP contribution in [0.25, 0.3) is 0 Å². The Balaban J connectivity index is 3.28. The van der Waals surface area contributed by atoms with Crippen LogP contribution in [0.5, 0.6) is 0 Å². The Morgan fingerprint density at radius 1 is 1.42 bits per heavy atom. The lowest BCUT2D eigenvalue weighted by Gasteiger charge is -2.17. The number of hydrogen-bond donors (Lipinski definition) is 1. The van der Waals surface area contributed by atoms with Gasteiger partial charge in [0.05, 0.1) is 7.11 Å². The molecule has 0 atom stereocenters. The maximum Gasteiger partial charge on any atom is 0.406 e. The molecule has 1 amide bonds. The average Bonchev–Trinajstić information content (AvgIpc) is 1.96. The Hall–Kier alpha value is -0.730. The molecule has 0 bridgehead atoms. The van der Waals surface area contributed by atoms with Gasteiger partial charge in [0.2, 0.25) is 0 Å². The number of carbonyl (C=O) groups is 1. The summed E-state index contributed by atoms with van der Waals surface area (Å²) in [6.45, 7) is 7.26. The van der Waals surface area contributed by atoms with Gasteiger partial charge in [-0.15, -0.1) is 0 Å². The molecule has 0 unspecified atom stereocenters.